The van der Waals surface area contributed by atoms with Gasteiger partial charge in [0.15, 0.2) is 6.61 Å². The number of carbonyl (C=O) groups is 2. The van der Waals surface area contributed by atoms with Crippen molar-refractivity contribution in [2.24, 2.45) is 0 Å². The fraction of sp³-hybridized carbons (Fsp3) is 0.542. The Morgan fingerprint density at radius 1 is 1.00 bits per heavy atom. The van der Waals surface area contributed by atoms with Gasteiger partial charge in [0.25, 0.3) is 5.91 Å². The third kappa shape index (κ3) is 5.10. The number of nitrogens with zero attached hydrogens (tertiary/aromatic N) is 2. The van der Waals surface area contributed by atoms with Crippen molar-refractivity contribution in [3.63, 3.8) is 0 Å². The first-order chi connectivity index (χ1) is 14.7. The highest BCUT2D eigenvalue weighted by molar-refractivity contribution is 6.00. The van der Waals surface area contributed by atoms with Crippen LogP contribution in [0.15, 0.2) is 30.3 Å². The number of fused-ring (bicyclic) bond motifs is 1. The van der Waals surface area contributed by atoms with Gasteiger partial charge in [0.1, 0.15) is 11.4 Å². The lowest BCUT2D eigenvalue weighted by Gasteiger charge is -2.21. The van der Waals surface area contributed by atoms with Crippen LogP contribution in [0.25, 0.3) is 10.9 Å². The third-order valence-corrected chi connectivity index (χ3v) is 6.13. The normalized spacial score (nSPS) is 18.1. The van der Waals surface area contributed by atoms with E-state index in [0.717, 1.165) is 62.5 Å². The molecule has 1 aliphatic heterocycles. The number of esters is 1. The Balaban J connectivity index is 1.43. The van der Waals surface area contributed by atoms with Crippen LogP contribution >= 0.6 is 0 Å². The number of hydrogen-bond acceptors (Lipinski definition) is 5. The number of anilines is 1. The molecule has 0 radical (unpaired) electrons. The van der Waals surface area contributed by atoms with Gasteiger partial charge in [-0.1, -0.05) is 50.3 Å². The molecule has 160 valence electrons. The molecule has 4 rings (SSSR count). The second kappa shape index (κ2) is 9.92. The summed E-state index contributed by atoms with van der Waals surface area (Å²) in [5, 5.41) is 3.95. The minimum Gasteiger partial charge on any atom is -0.452 e. The first kappa shape index (κ1) is 20.6. The van der Waals surface area contributed by atoms with Gasteiger partial charge >= 0.3 is 5.97 Å². The van der Waals surface area contributed by atoms with Crippen molar-refractivity contribution in [1.29, 1.82) is 0 Å². The van der Waals surface area contributed by atoms with Crippen LogP contribution in [0.5, 0.6) is 0 Å². The summed E-state index contributed by atoms with van der Waals surface area (Å²) in [6, 6.07) is 9.79. The largest absolute Gasteiger partial charge is 0.452 e. The van der Waals surface area contributed by atoms with Gasteiger partial charge in [0, 0.05) is 24.5 Å². The molecule has 1 aromatic heterocycles. The number of hydrogen-bond donors (Lipinski definition) is 1. The van der Waals surface area contributed by atoms with Crippen molar-refractivity contribution in [2.75, 3.05) is 24.6 Å². The minimum absolute atomic E-state index is 0.194. The molecule has 0 atom stereocenters. The molecule has 2 aliphatic rings. The summed E-state index contributed by atoms with van der Waals surface area (Å²) in [5.41, 5.74) is 1.30. The Morgan fingerprint density at radius 2 is 1.70 bits per heavy atom. The van der Waals surface area contributed by atoms with Gasteiger partial charge in [0.05, 0.1) is 5.52 Å². The van der Waals surface area contributed by atoms with Crippen molar-refractivity contribution in [2.45, 2.75) is 63.8 Å². The molecule has 1 aromatic carbocycles. The van der Waals surface area contributed by atoms with Crippen molar-refractivity contribution in [3.8, 4) is 0 Å². The molecule has 1 saturated heterocycles. The average Bonchev–Trinajstić information content (AvgIpc) is 3.27. The van der Waals surface area contributed by atoms with Crippen LogP contribution in [0.3, 0.4) is 0 Å². The predicted molar refractivity (Wildman–Crippen MR) is 118 cm³/mol. The molecule has 1 saturated carbocycles. The SMILES string of the molecule is O=C(COC(=O)c1cc2ccccc2nc1N1CCCC1)NC1CCCCCCC1. The summed E-state index contributed by atoms with van der Waals surface area (Å²) < 4.78 is 5.42. The number of pyridine rings is 1. The van der Waals surface area contributed by atoms with Gasteiger partial charge in [-0.2, -0.15) is 0 Å². The van der Waals surface area contributed by atoms with E-state index in [9.17, 15) is 9.59 Å². The molecular formula is C24H31N3O3. The maximum Gasteiger partial charge on any atom is 0.342 e. The molecule has 1 aliphatic carbocycles. The van der Waals surface area contributed by atoms with Crippen LogP contribution in [0.1, 0.15) is 68.1 Å². The van der Waals surface area contributed by atoms with Gasteiger partial charge < -0.3 is 15.0 Å². The monoisotopic (exact) mass is 409 g/mol. The molecule has 0 spiro atoms. The van der Waals surface area contributed by atoms with Gasteiger partial charge in [-0.25, -0.2) is 9.78 Å². The zero-order valence-electron chi connectivity index (χ0n) is 17.6. The highest BCUT2D eigenvalue weighted by Gasteiger charge is 2.24. The fourth-order valence-corrected chi connectivity index (χ4v) is 4.50. The topological polar surface area (TPSA) is 71.5 Å². The summed E-state index contributed by atoms with van der Waals surface area (Å²) in [6.07, 6.45) is 10.2. The van der Waals surface area contributed by atoms with Crippen LogP contribution in [0.2, 0.25) is 0 Å². The highest BCUT2D eigenvalue weighted by Crippen LogP contribution is 2.27. The Hall–Kier alpha value is -2.63. The fourth-order valence-electron chi connectivity index (χ4n) is 4.50. The highest BCUT2D eigenvalue weighted by atomic mass is 16.5. The number of ether oxygens (including phenoxy) is 1. The summed E-state index contributed by atoms with van der Waals surface area (Å²) in [6.45, 7) is 1.52. The Kier molecular flexibility index (Phi) is 6.82. The molecule has 2 fully saturated rings. The Labute approximate surface area is 178 Å². The number of rotatable bonds is 5. The van der Waals surface area contributed by atoms with Crippen LogP contribution in [0, 0.1) is 0 Å². The van der Waals surface area contributed by atoms with Gasteiger partial charge in [-0.3, -0.25) is 4.79 Å². The number of amides is 1. The smallest absolute Gasteiger partial charge is 0.342 e. The lowest BCUT2D eigenvalue weighted by molar-refractivity contribution is -0.125. The van der Waals surface area contributed by atoms with E-state index in [1.165, 1.54) is 19.3 Å². The summed E-state index contributed by atoms with van der Waals surface area (Å²) in [5.74, 6) is -0.0370. The van der Waals surface area contributed by atoms with Gasteiger partial charge in [0.2, 0.25) is 0 Å². The number of benzene rings is 1. The first-order valence-corrected chi connectivity index (χ1v) is 11.3. The van der Waals surface area contributed by atoms with E-state index in [1.807, 2.05) is 30.3 Å². The van der Waals surface area contributed by atoms with E-state index in [0.29, 0.717) is 11.4 Å². The number of nitrogens with one attached hydrogen (secondary N) is 1. The Bertz CT molecular complexity index is 884. The van der Waals surface area contributed by atoms with Gasteiger partial charge in [-0.05, 0) is 37.8 Å². The number of carbonyl (C=O) groups excluding carboxylic acids is 2. The van der Waals surface area contributed by atoms with E-state index in [-0.39, 0.29) is 18.6 Å². The molecule has 2 aromatic rings. The van der Waals surface area contributed by atoms with Crippen molar-refractivity contribution in [1.82, 2.24) is 10.3 Å². The predicted octanol–water partition coefficient (Wildman–Crippen LogP) is 4.22. The van der Waals surface area contributed by atoms with E-state index in [1.54, 1.807) is 0 Å². The third-order valence-electron chi connectivity index (χ3n) is 6.13. The zero-order valence-corrected chi connectivity index (χ0v) is 17.6. The maximum atomic E-state index is 12.9. The van der Waals surface area contributed by atoms with E-state index < -0.39 is 5.97 Å². The van der Waals surface area contributed by atoms with Crippen molar-refractivity contribution < 1.29 is 14.3 Å². The maximum absolute atomic E-state index is 12.9. The van der Waals surface area contributed by atoms with Gasteiger partial charge in [-0.15, -0.1) is 0 Å². The van der Waals surface area contributed by atoms with Crippen LogP contribution in [0.4, 0.5) is 5.82 Å². The minimum atomic E-state index is -0.483. The second-order valence-corrected chi connectivity index (χ2v) is 8.43. The zero-order chi connectivity index (χ0) is 20.8. The average molecular weight is 410 g/mol. The van der Waals surface area contributed by atoms with E-state index >= 15 is 0 Å². The number of aromatic nitrogens is 1. The molecule has 0 unspecified atom stereocenters. The Morgan fingerprint density at radius 3 is 2.47 bits per heavy atom. The van der Waals surface area contributed by atoms with Crippen LogP contribution in [-0.2, 0) is 9.53 Å². The van der Waals surface area contributed by atoms with Crippen LogP contribution < -0.4 is 10.2 Å². The lowest BCUT2D eigenvalue weighted by atomic mass is 9.97. The molecule has 2 heterocycles. The van der Waals surface area contributed by atoms with E-state index in [4.69, 9.17) is 9.72 Å². The summed E-state index contributed by atoms with van der Waals surface area (Å²) in [4.78, 5) is 32.2. The molecule has 0 bridgehead atoms. The van der Waals surface area contributed by atoms with Crippen molar-refractivity contribution in [3.05, 3.63) is 35.9 Å². The second-order valence-electron chi connectivity index (χ2n) is 8.43. The molecule has 6 nitrogen and oxygen atoms in total. The molecular weight excluding hydrogens is 378 g/mol. The summed E-state index contributed by atoms with van der Waals surface area (Å²) in [7, 11) is 0. The molecule has 6 heteroatoms. The molecule has 30 heavy (non-hydrogen) atoms. The standard InChI is InChI=1S/C24H31N3O3/c28-22(25-19-11-4-2-1-3-5-12-19)17-30-24(29)20-16-18-10-6-7-13-21(18)26-23(20)27-14-8-9-15-27/h6-7,10,13,16,19H,1-5,8-9,11-12,14-15,17H2,(H,25,28). The number of para-hydroxylation sites is 1. The lowest BCUT2D eigenvalue weighted by Crippen LogP contribution is -2.38. The van der Waals surface area contributed by atoms with E-state index in [2.05, 4.69) is 10.2 Å². The van der Waals surface area contributed by atoms with Crippen LogP contribution in [-0.4, -0.2) is 42.6 Å². The molecule has 1 N–H and O–H groups in total. The molecule has 1 amide bonds. The van der Waals surface area contributed by atoms with Crippen molar-refractivity contribution >= 4 is 28.6 Å². The quantitative estimate of drug-likeness (QED) is 0.749. The summed E-state index contributed by atoms with van der Waals surface area (Å²) >= 11 is 0. The first-order valence-electron chi connectivity index (χ1n) is 11.3.